The first-order chi connectivity index (χ1) is 9.34. The van der Waals surface area contributed by atoms with Crippen molar-refractivity contribution >= 4 is 0 Å². The molecule has 2 rings (SSSR count). The quantitative estimate of drug-likeness (QED) is 0.863. The van der Waals surface area contributed by atoms with Gasteiger partial charge in [-0.3, -0.25) is 0 Å². The minimum Gasteiger partial charge on any atom is -0.497 e. The second kappa shape index (κ2) is 5.28. The molecule has 0 aromatic heterocycles. The summed E-state index contributed by atoms with van der Waals surface area (Å²) in [4.78, 5) is 0. The zero-order valence-corrected chi connectivity index (χ0v) is 13.5. The fourth-order valence-corrected chi connectivity index (χ4v) is 3.21. The molecule has 20 heavy (non-hydrogen) atoms. The third kappa shape index (κ3) is 2.51. The van der Waals surface area contributed by atoms with E-state index >= 15 is 0 Å². The van der Waals surface area contributed by atoms with Gasteiger partial charge in [0.25, 0.3) is 0 Å². The van der Waals surface area contributed by atoms with E-state index in [1.165, 1.54) is 0 Å². The van der Waals surface area contributed by atoms with Crippen molar-refractivity contribution in [2.45, 2.75) is 34.2 Å². The molecule has 0 saturated heterocycles. The topological polar surface area (TPSA) is 30.5 Å². The van der Waals surface area contributed by atoms with E-state index in [2.05, 4.69) is 33.0 Å². The minimum atomic E-state index is 0.429. The predicted molar refractivity (Wildman–Crippen MR) is 82.3 cm³/mol. The van der Waals surface area contributed by atoms with Gasteiger partial charge in [-0.1, -0.05) is 27.7 Å². The molecular formula is C17H27NO2. The number of methoxy groups -OCH3 is 2. The van der Waals surface area contributed by atoms with Gasteiger partial charge in [0, 0.05) is 12.1 Å². The van der Waals surface area contributed by atoms with Crippen LogP contribution in [0.15, 0.2) is 18.2 Å². The molecule has 0 bridgehead atoms. The number of hydrogen-bond donors (Lipinski definition) is 1. The molecule has 0 spiro atoms. The van der Waals surface area contributed by atoms with Crippen LogP contribution < -0.4 is 14.8 Å². The highest BCUT2D eigenvalue weighted by molar-refractivity contribution is 5.40. The minimum absolute atomic E-state index is 0.429. The summed E-state index contributed by atoms with van der Waals surface area (Å²) in [6.45, 7) is 11.3. The number of ether oxygens (including phenoxy) is 2. The molecule has 112 valence electrons. The maximum atomic E-state index is 5.40. The first-order valence-corrected chi connectivity index (χ1v) is 7.26. The van der Waals surface area contributed by atoms with E-state index in [1.807, 2.05) is 18.2 Å². The zero-order valence-electron chi connectivity index (χ0n) is 13.5. The molecule has 3 heteroatoms. The molecule has 0 heterocycles. The Hall–Kier alpha value is -1.22. The third-order valence-corrected chi connectivity index (χ3v) is 5.47. The highest BCUT2D eigenvalue weighted by Crippen LogP contribution is 2.67. The van der Waals surface area contributed by atoms with E-state index in [0.717, 1.165) is 36.1 Å². The van der Waals surface area contributed by atoms with Gasteiger partial charge in [-0.25, -0.2) is 0 Å². The molecule has 1 saturated carbocycles. The normalized spacial score (nSPS) is 19.7. The van der Waals surface area contributed by atoms with Crippen LogP contribution in [0.1, 0.15) is 33.3 Å². The van der Waals surface area contributed by atoms with Crippen LogP contribution in [0.2, 0.25) is 0 Å². The van der Waals surface area contributed by atoms with Crippen molar-refractivity contribution in [1.29, 1.82) is 0 Å². The lowest BCUT2D eigenvalue weighted by Gasteiger charge is -2.12. The van der Waals surface area contributed by atoms with Gasteiger partial charge in [-0.15, -0.1) is 0 Å². The molecule has 1 aliphatic rings. The second-order valence-corrected chi connectivity index (χ2v) is 6.80. The highest BCUT2D eigenvalue weighted by atomic mass is 16.5. The van der Waals surface area contributed by atoms with E-state index in [4.69, 9.17) is 9.47 Å². The molecule has 1 fully saturated rings. The number of nitrogens with one attached hydrogen (secondary N) is 1. The summed E-state index contributed by atoms with van der Waals surface area (Å²) in [5, 5.41) is 3.57. The lowest BCUT2D eigenvalue weighted by molar-refractivity contribution is 0.396. The van der Waals surface area contributed by atoms with Gasteiger partial charge in [0.2, 0.25) is 0 Å². The van der Waals surface area contributed by atoms with Gasteiger partial charge in [0.1, 0.15) is 11.5 Å². The van der Waals surface area contributed by atoms with Crippen molar-refractivity contribution < 1.29 is 9.47 Å². The Morgan fingerprint density at radius 1 is 1.05 bits per heavy atom. The maximum Gasteiger partial charge on any atom is 0.123 e. The Balaban J connectivity index is 1.95. The fourth-order valence-electron chi connectivity index (χ4n) is 3.21. The summed E-state index contributed by atoms with van der Waals surface area (Å²) in [7, 11) is 3.40. The van der Waals surface area contributed by atoms with Crippen molar-refractivity contribution in [1.82, 2.24) is 5.32 Å². The van der Waals surface area contributed by atoms with Crippen LogP contribution in [-0.2, 0) is 6.54 Å². The molecule has 0 atom stereocenters. The molecule has 0 aliphatic heterocycles. The molecule has 1 aromatic rings. The summed E-state index contributed by atoms with van der Waals surface area (Å²) in [6, 6.07) is 5.92. The van der Waals surface area contributed by atoms with Crippen LogP contribution in [0.3, 0.4) is 0 Å². The van der Waals surface area contributed by atoms with Gasteiger partial charge in [-0.05, 0) is 41.5 Å². The summed E-state index contributed by atoms with van der Waals surface area (Å²) in [5.41, 5.74) is 2.00. The molecule has 1 N–H and O–H groups in total. The molecule has 1 aromatic carbocycles. The van der Waals surface area contributed by atoms with Crippen LogP contribution in [0.4, 0.5) is 0 Å². The zero-order chi connectivity index (χ0) is 15.0. The Bertz CT molecular complexity index is 466. The van der Waals surface area contributed by atoms with E-state index < -0.39 is 0 Å². The van der Waals surface area contributed by atoms with Crippen LogP contribution >= 0.6 is 0 Å². The van der Waals surface area contributed by atoms with Crippen molar-refractivity contribution in [2.75, 3.05) is 20.8 Å². The van der Waals surface area contributed by atoms with Crippen molar-refractivity contribution in [2.24, 2.45) is 16.7 Å². The average Bonchev–Trinajstić information content (AvgIpc) is 2.80. The molecule has 0 amide bonds. The van der Waals surface area contributed by atoms with Gasteiger partial charge >= 0.3 is 0 Å². The van der Waals surface area contributed by atoms with E-state index in [1.54, 1.807) is 14.2 Å². The molecular weight excluding hydrogens is 250 g/mol. The van der Waals surface area contributed by atoms with Crippen LogP contribution in [0, 0.1) is 16.7 Å². The number of hydrogen-bond acceptors (Lipinski definition) is 3. The summed E-state index contributed by atoms with van der Waals surface area (Å²) in [5.74, 6) is 2.51. The molecule has 0 unspecified atom stereocenters. The van der Waals surface area contributed by atoms with Crippen LogP contribution in [-0.4, -0.2) is 20.8 Å². The molecule has 1 aliphatic carbocycles. The Kier molecular flexibility index (Phi) is 4.01. The van der Waals surface area contributed by atoms with E-state index in [0.29, 0.717) is 10.8 Å². The molecule has 3 nitrogen and oxygen atoms in total. The largest absolute Gasteiger partial charge is 0.497 e. The predicted octanol–water partition coefficient (Wildman–Crippen LogP) is 3.48. The van der Waals surface area contributed by atoms with Crippen LogP contribution in [0.5, 0.6) is 11.5 Å². The third-order valence-electron chi connectivity index (χ3n) is 5.47. The first kappa shape index (κ1) is 15.2. The molecule has 0 radical (unpaired) electrons. The average molecular weight is 277 g/mol. The van der Waals surface area contributed by atoms with E-state index in [-0.39, 0.29) is 0 Å². The number of rotatable bonds is 6. The SMILES string of the molecule is COc1ccc(OC)c(CNCC2C(C)(C)C2(C)C)c1. The number of benzene rings is 1. The van der Waals surface area contributed by atoms with Gasteiger partial charge in [-0.2, -0.15) is 0 Å². The van der Waals surface area contributed by atoms with Gasteiger partial charge < -0.3 is 14.8 Å². The van der Waals surface area contributed by atoms with Gasteiger partial charge in [0.15, 0.2) is 0 Å². The monoisotopic (exact) mass is 277 g/mol. The standard InChI is InChI=1S/C17H27NO2/c1-16(2)15(17(16,3)4)11-18-10-12-9-13(19-5)7-8-14(12)20-6/h7-9,15,18H,10-11H2,1-6H3. The van der Waals surface area contributed by atoms with Gasteiger partial charge in [0.05, 0.1) is 14.2 Å². The Morgan fingerprint density at radius 3 is 2.20 bits per heavy atom. The van der Waals surface area contributed by atoms with E-state index in [9.17, 15) is 0 Å². The summed E-state index contributed by atoms with van der Waals surface area (Å²) in [6.07, 6.45) is 0. The summed E-state index contributed by atoms with van der Waals surface area (Å²) >= 11 is 0. The fraction of sp³-hybridized carbons (Fsp3) is 0.647. The van der Waals surface area contributed by atoms with Crippen molar-refractivity contribution in [3.05, 3.63) is 23.8 Å². The second-order valence-electron chi connectivity index (χ2n) is 6.80. The lowest BCUT2D eigenvalue weighted by atomic mass is 10.0. The van der Waals surface area contributed by atoms with Crippen molar-refractivity contribution in [3.8, 4) is 11.5 Å². The highest BCUT2D eigenvalue weighted by Gasteiger charge is 2.63. The van der Waals surface area contributed by atoms with Crippen LogP contribution in [0.25, 0.3) is 0 Å². The smallest absolute Gasteiger partial charge is 0.123 e. The Labute approximate surface area is 122 Å². The maximum absolute atomic E-state index is 5.40. The lowest BCUT2D eigenvalue weighted by Crippen LogP contribution is -2.19. The van der Waals surface area contributed by atoms with Crippen molar-refractivity contribution in [3.63, 3.8) is 0 Å². The first-order valence-electron chi connectivity index (χ1n) is 7.26. The summed E-state index contributed by atoms with van der Waals surface area (Å²) < 4.78 is 10.7. The Morgan fingerprint density at radius 2 is 1.70 bits per heavy atom.